The summed E-state index contributed by atoms with van der Waals surface area (Å²) in [5.74, 6) is 0.558. The zero-order chi connectivity index (χ0) is 15.2. The molecule has 4 nitrogen and oxygen atoms in total. The van der Waals surface area contributed by atoms with Crippen molar-refractivity contribution < 1.29 is 14.3 Å². The van der Waals surface area contributed by atoms with E-state index in [2.05, 4.69) is 19.2 Å². The molecule has 1 aromatic rings. The van der Waals surface area contributed by atoms with Crippen LogP contribution in [0.15, 0.2) is 16.8 Å². The summed E-state index contributed by atoms with van der Waals surface area (Å²) in [7, 11) is 0. The summed E-state index contributed by atoms with van der Waals surface area (Å²) in [5.41, 5.74) is 0.931. The number of esters is 1. The molecule has 0 bridgehead atoms. The molecule has 0 aliphatic heterocycles. The molecule has 2 rings (SSSR count). The number of nitrogens with one attached hydrogen (secondary N) is 1. The third kappa shape index (κ3) is 4.84. The second-order valence-electron chi connectivity index (χ2n) is 5.91. The van der Waals surface area contributed by atoms with E-state index in [-0.39, 0.29) is 30.9 Å². The third-order valence-corrected chi connectivity index (χ3v) is 5.08. The molecule has 1 aliphatic rings. The van der Waals surface area contributed by atoms with Gasteiger partial charge in [-0.1, -0.05) is 26.7 Å². The summed E-state index contributed by atoms with van der Waals surface area (Å²) < 4.78 is 5.03. The monoisotopic (exact) mass is 309 g/mol. The average molecular weight is 309 g/mol. The summed E-state index contributed by atoms with van der Waals surface area (Å²) in [6, 6.07) is 2.09. The highest BCUT2D eigenvalue weighted by Crippen LogP contribution is 2.29. The number of amides is 1. The van der Waals surface area contributed by atoms with E-state index in [4.69, 9.17) is 4.74 Å². The maximum atomic E-state index is 11.9. The fourth-order valence-electron chi connectivity index (χ4n) is 2.79. The Bertz CT molecular complexity index is 472. The molecule has 0 aromatic carbocycles. The third-order valence-electron chi connectivity index (χ3n) is 4.35. The van der Waals surface area contributed by atoms with Crippen LogP contribution in [0.2, 0.25) is 0 Å². The quantitative estimate of drug-likeness (QED) is 0.851. The number of carbonyl (C=O) groups is 2. The lowest BCUT2D eigenvalue weighted by atomic mass is 9.78. The molecule has 1 N–H and O–H groups in total. The number of ether oxygens (including phenoxy) is 1. The van der Waals surface area contributed by atoms with Crippen LogP contribution in [0.1, 0.15) is 38.7 Å². The summed E-state index contributed by atoms with van der Waals surface area (Å²) in [6.07, 6.45) is 3.62. The van der Waals surface area contributed by atoms with Crippen LogP contribution in [-0.2, 0) is 20.7 Å². The molecule has 0 saturated heterocycles. The summed E-state index contributed by atoms with van der Waals surface area (Å²) >= 11 is 1.54. The van der Waals surface area contributed by atoms with Crippen molar-refractivity contribution in [2.75, 3.05) is 6.61 Å². The van der Waals surface area contributed by atoms with Crippen LogP contribution in [0.4, 0.5) is 0 Å². The topological polar surface area (TPSA) is 55.4 Å². The Labute approximate surface area is 129 Å². The molecule has 1 fully saturated rings. The molecular weight excluding hydrogens is 286 g/mol. The average Bonchev–Trinajstić information content (AvgIpc) is 2.94. The van der Waals surface area contributed by atoms with E-state index >= 15 is 0 Å². The van der Waals surface area contributed by atoms with Gasteiger partial charge in [0.2, 0.25) is 0 Å². The first kappa shape index (κ1) is 16.0. The molecule has 1 amide bonds. The van der Waals surface area contributed by atoms with Crippen molar-refractivity contribution in [3.05, 3.63) is 22.4 Å². The molecule has 0 spiro atoms. The largest absolute Gasteiger partial charge is 0.455 e. The minimum atomic E-state index is -0.353. The summed E-state index contributed by atoms with van der Waals surface area (Å²) in [5, 5.41) is 6.83. The van der Waals surface area contributed by atoms with Crippen LogP contribution in [-0.4, -0.2) is 24.5 Å². The van der Waals surface area contributed by atoms with Crippen LogP contribution in [0, 0.1) is 11.8 Å². The molecule has 3 atom stereocenters. The van der Waals surface area contributed by atoms with Crippen molar-refractivity contribution >= 4 is 23.2 Å². The van der Waals surface area contributed by atoms with E-state index in [1.807, 2.05) is 16.8 Å². The zero-order valence-electron chi connectivity index (χ0n) is 12.6. The Kier molecular flexibility index (Phi) is 5.79. The standard InChI is InChI=1S/C16H23NO3S/c1-11-4-3-5-14(12(11)2)17-15(18)9-20-16(19)8-13-6-7-21-10-13/h6-7,10-12,14H,3-5,8-9H2,1-2H3,(H,17,18)/t11-,12+,14+/m0/s1. The van der Waals surface area contributed by atoms with Crippen LogP contribution >= 0.6 is 11.3 Å². The molecule has 21 heavy (non-hydrogen) atoms. The van der Waals surface area contributed by atoms with Gasteiger partial charge in [0.15, 0.2) is 6.61 Å². The van der Waals surface area contributed by atoms with Crippen LogP contribution < -0.4 is 5.32 Å². The lowest BCUT2D eigenvalue weighted by molar-refractivity contribution is -0.148. The van der Waals surface area contributed by atoms with Gasteiger partial charge in [-0.25, -0.2) is 0 Å². The van der Waals surface area contributed by atoms with Crippen LogP contribution in [0.3, 0.4) is 0 Å². The van der Waals surface area contributed by atoms with Gasteiger partial charge >= 0.3 is 5.97 Å². The number of hydrogen-bond donors (Lipinski definition) is 1. The van der Waals surface area contributed by atoms with E-state index in [9.17, 15) is 9.59 Å². The molecule has 5 heteroatoms. The molecular formula is C16H23NO3S. The normalized spacial score (nSPS) is 25.3. The van der Waals surface area contributed by atoms with Crippen molar-refractivity contribution in [1.29, 1.82) is 0 Å². The Morgan fingerprint density at radius 2 is 2.19 bits per heavy atom. The molecule has 1 saturated carbocycles. The maximum absolute atomic E-state index is 11.9. The van der Waals surface area contributed by atoms with Gasteiger partial charge in [0.25, 0.3) is 5.91 Å². The van der Waals surface area contributed by atoms with Gasteiger partial charge in [0.05, 0.1) is 6.42 Å². The smallest absolute Gasteiger partial charge is 0.310 e. The number of hydrogen-bond acceptors (Lipinski definition) is 4. The van der Waals surface area contributed by atoms with Gasteiger partial charge in [0.1, 0.15) is 0 Å². The molecule has 116 valence electrons. The number of carbonyl (C=O) groups excluding carboxylic acids is 2. The number of rotatable bonds is 5. The van der Waals surface area contributed by atoms with Crippen LogP contribution in [0.25, 0.3) is 0 Å². The van der Waals surface area contributed by atoms with E-state index in [0.29, 0.717) is 11.8 Å². The van der Waals surface area contributed by atoms with Gasteiger partial charge < -0.3 is 10.1 Å². The highest BCUT2D eigenvalue weighted by atomic mass is 32.1. The molecule has 1 heterocycles. The first-order chi connectivity index (χ1) is 10.1. The van der Waals surface area contributed by atoms with Gasteiger partial charge in [-0.15, -0.1) is 0 Å². The first-order valence-electron chi connectivity index (χ1n) is 7.52. The summed E-state index contributed by atoms with van der Waals surface area (Å²) in [6.45, 7) is 4.22. The Morgan fingerprint density at radius 1 is 1.38 bits per heavy atom. The Balaban J connectivity index is 1.70. The van der Waals surface area contributed by atoms with E-state index in [1.54, 1.807) is 11.3 Å². The maximum Gasteiger partial charge on any atom is 0.310 e. The predicted octanol–water partition coefficient (Wildman–Crippen LogP) is 2.77. The first-order valence-corrected chi connectivity index (χ1v) is 8.46. The lowest BCUT2D eigenvalue weighted by Gasteiger charge is -2.34. The fraction of sp³-hybridized carbons (Fsp3) is 0.625. The lowest BCUT2D eigenvalue weighted by Crippen LogP contribution is -2.45. The second kappa shape index (κ2) is 7.59. The molecule has 1 aromatic heterocycles. The summed E-state index contributed by atoms with van der Waals surface area (Å²) in [4.78, 5) is 23.5. The highest BCUT2D eigenvalue weighted by Gasteiger charge is 2.28. The van der Waals surface area contributed by atoms with Crippen molar-refractivity contribution in [3.63, 3.8) is 0 Å². The molecule has 1 aliphatic carbocycles. The van der Waals surface area contributed by atoms with E-state index in [0.717, 1.165) is 18.4 Å². The minimum absolute atomic E-state index is 0.180. The van der Waals surface area contributed by atoms with E-state index < -0.39 is 0 Å². The van der Waals surface area contributed by atoms with Crippen molar-refractivity contribution in [2.45, 2.75) is 45.6 Å². The van der Waals surface area contributed by atoms with E-state index in [1.165, 1.54) is 6.42 Å². The van der Waals surface area contributed by atoms with Gasteiger partial charge in [-0.2, -0.15) is 11.3 Å². The van der Waals surface area contributed by atoms with Gasteiger partial charge in [-0.05, 0) is 40.6 Å². The zero-order valence-corrected chi connectivity index (χ0v) is 13.4. The fourth-order valence-corrected chi connectivity index (χ4v) is 3.46. The van der Waals surface area contributed by atoms with Gasteiger partial charge in [0, 0.05) is 6.04 Å². The highest BCUT2D eigenvalue weighted by molar-refractivity contribution is 7.07. The van der Waals surface area contributed by atoms with Crippen LogP contribution in [0.5, 0.6) is 0 Å². The van der Waals surface area contributed by atoms with Gasteiger partial charge in [-0.3, -0.25) is 9.59 Å². The Morgan fingerprint density at radius 3 is 2.90 bits per heavy atom. The SMILES string of the molecule is C[C@@H]1[C@@H](C)CCC[C@H]1NC(=O)COC(=O)Cc1ccsc1. The number of thiophene rings is 1. The minimum Gasteiger partial charge on any atom is -0.455 e. The molecule has 0 radical (unpaired) electrons. The predicted molar refractivity (Wildman–Crippen MR) is 83.1 cm³/mol. The second-order valence-corrected chi connectivity index (χ2v) is 6.69. The molecule has 0 unspecified atom stereocenters. The van der Waals surface area contributed by atoms with Crippen molar-refractivity contribution in [1.82, 2.24) is 5.32 Å². The Hall–Kier alpha value is -1.36. The van der Waals surface area contributed by atoms with Crippen molar-refractivity contribution in [2.24, 2.45) is 11.8 Å². The van der Waals surface area contributed by atoms with Crippen molar-refractivity contribution in [3.8, 4) is 0 Å².